The zero-order valence-electron chi connectivity index (χ0n) is 9.55. The van der Waals surface area contributed by atoms with Crippen molar-refractivity contribution in [2.75, 3.05) is 0 Å². The Morgan fingerprint density at radius 2 is 1.72 bits per heavy atom. The molecule has 0 bridgehead atoms. The molecule has 1 aliphatic heterocycles. The van der Waals surface area contributed by atoms with Crippen LogP contribution in [0.3, 0.4) is 0 Å². The number of phenolic OH excluding ortho intramolecular Hbond substituents is 1. The van der Waals surface area contributed by atoms with Gasteiger partial charge < -0.3 is 5.11 Å². The first kappa shape index (κ1) is 12.1. The van der Waals surface area contributed by atoms with Crippen LogP contribution >= 0.6 is 0 Å². The Balaban J connectivity index is 1.94. The lowest BCUT2D eigenvalue weighted by Crippen LogP contribution is -2.46. The Bertz CT molecular complexity index is 479. The second-order valence-corrected chi connectivity index (χ2v) is 4.00. The van der Waals surface area contributed by atoms with Gasteiger partial charge in [-0.25, -0.2) is 0 Å². The lowest BCUT2D eigenvalue weighted by atomic mass is 10.1. The van der Waals surface area contributed by atoms with E-state index in [-0.39, 0.29) is 36.8 Å². The molecule has 1 aliphatic rings. The van der Waals surface area contributed by atoms with Gasteiger partial charge in [0, 0.05) is 12.8 Å². The molecule has 3 amide bonds. The van der Waals surface area contributed by atoms with Crippen molar-refractivity contribution in [2.45, 2.75) is 19.3 Å². The summed E-state index contributed by atoms with van der Waals surface area (Å²) in [6.45, 7) is 0. The molecule has 2 rings (SSSR count). The highest BCUT2D eigenvalue weighted by molar-refractivity contribution is 6.03. The molecule has 18 heavy (non-hydrogen) atoms. The molecule has 0 radical (unpaired) electrons. The number of imide groups is 1. The summed E-state index contributed by atoms with van der Waals surface area (Å²) in [6, 6.07) is 6.13. The fraction of sp³-hybridized carbons (Fsp3) is 0.250. The van der Waals surface area contributed by atoms with Gasteiger partial charge in [-0.3, -0.25) is 19.8 Å². The number of nitrogens with one attached hydrogen (secondary N) is 1. The molecule has 0 saturated carbocycles. The van der Waals surface area contributed by atoms with E-state index < -0.39 is 5.91 Å². The molecular formula is C12H12N2O4. The van der Waals surface area contributed by atoms with Crippen LogP contribution in [0.25, 0.3) is 0 Å². The predicted molar refractivity (Wildman–Crippen MR) is 61.0 cm³/mol. The standard InChI is InChI=1S/C12H12N2O4/c15-9-3-1-8(2-4-9)7-10(16)13-14-11(17)5-6-12(14)18/h1-4,15H,5-7H2,(H,13,16). The molecule has 94 valence electrons. The number of rotatable bonds is 3. The van der Waals surface area contributed by atoms with E-state index in [4.69, 9.17) is 5.11 Å². The molecular weight excluding hydrogens is 236 g/mol. The molecule has 1 heterocycles. The van der Waals surface area contributed by atoms with E-state index in [0.717, 1.165) is 5.01 Å². The van der Waals surface area contributed by atoms with Crippen molar-refractivity contribution in [1.29, 1.82) is 0 Å². The molecule has 1 aromatic carbocycles. The van der Waals surface area contributed by atoms with E-state index in [1.165, 1.54) is 12.1 Å². The molecule has 0 aromatic heterocycles. The topological polar surface area (TPSA) is 86.7 Å². The maximum atomic E-state index is 11.6. The normalized spacial score (nSPS) is 15.0. The van der Waals surface area contributed by atoms with Gasteiger partial charge in [-0.15, -0.1) is 0 Å². The highest BCUT2D eigenvalue weighted by Gasteiger charge is 2.30. The molecule has 1 saturated heterocycles. The summed E-state index contributed by atoms with van der Waals surface area (Å²) >= 11 is 0. The molecule has 0 aliphatic carbocycles. The monoisotopic (exact) mass is 248 g/mol. The largest absolute Gasteiger partial charge is 0.508 e. The number of nitrogens with zero attached hydrogens (tertiary/aromatic N) is 1. The van der Waals surface area contributed by atoms with Crippen molar-refractivity contribution >= 4 is 17.7 Å². The molecule has 1 aromatic rings. The van der Waals surface area contributed by atoms with Crippen molar-refractivity contribution in [3.8, 4) is 5.75 Å². The Labute approximate surface area is 103 Å². The Kier molecular flexibility index (Phi) is 3.27. The second kappa shape index (κ2) is 4.87. The van der Waals surface area contributed by atoms with Gasteiger partial charge in [0.1, 0.15) is 5.75 Å². The number of hydrogen-bond acceptors (Lipinski definition) is 4. The average Bonchev–Trinajstić information content (AvgIpc) is 2.64. The summed E-state index contributed by atoms with van der Waals surface area (Å²) in [7, 11) is 0. The van der Waals surface area contributed by atoms with E-state index in [1.807, 2.05) is 0 Å². The third kappa shape index (κ3) is 2.65. The number of amides is 3. The van der Waals surface area contributed by atoms with Crippen LogP contribution < -0.4 is 5.43 Å². The summed E-state index contributed by atoms with van der Waals surface area (Å²) in [6.07, 6.45) is 0.313. The van der Waals surface area contributed by atoms with Crippen molar-refractivity contribution in [3.05, 3.63) is 29.8 Å². The van der Waals surface area contributed by atoms with Crippen LogP contribution in [-0.2, 0) is 20.8 Å². The Morgan fingerprint density at radius 1 is 1.17 bits per heavy atom. The Hall–Kier alpha value is -2.37. The van der Waals surface area contributed by atoms with E-state index in [0.29, 0.717) is 5.56 Å². The van der Waals surface area contributed by atoms with Gasteiger partial charge in [0.15, 0.2) is 0 Å². The lowest BCUT2D eigenvalue weighted by Gasteiger charge is -2.14. The summed E-state index contributed by atoms with van der Waals surface area (Å²) in [4.78, 5) is 34.2. The number of carbonyl (C=O) groups is 3. The van der Waals surface area contributed by atoms with E-state index >= 15 is 0 Å². The SMILES string of the molecule is O=C(Cc1ccc(O)cc1)NN1C(=O)CCC1=O. The van der Waals surface area contributed by atoms with Crippen LogP contribution in [0.1, 0.15) is 18.4 Å². The minimum atomic E-state index is -0.440. The maximum absolute atomic E-state index is 11.6. The number of phenols is 1. The fourth-order valence-electron chi connectivity index (χ4n) is 1.66. The highest BCUT2D eigenvalue weighted by atomic mass is 16.3. The zero-order chi connectivity index (χ0) is 13.1. The van der Waals surface area contributed by atoms with Crippen LogP contribution in [0.15, 0.2) is 24.3 Å². The lowest BCUT2D eigenvalue weighted by molar-refractivity contribution is -0.147. The third-order valence-corrected chi connectivity index (χ3v) is 2.59. The molecule has 1 fully saturated rings. The van der Waals surface area contributed by atoms with Crippen LogP contribution in [-0.4, -0.2) is 27.8 Å². The minimum absolute atomic E-state index is 0.0390. The quantitative estimate of drug-likeness (QED) is 0.743. The van der Waals surface area contributed by atoms with Crippen LogP contribution in [0, 0.1) is 0 Å². The van der Waals surface area contributed by atoms with Gasteiger partial charge >= 0.3 is 0 Å². The number of carbonyl (C=O) groups excluding carboxylic acids is 3. The molecule has 6 nitrogen and oxygen atoms in total. The van der Waals surface area contributed by atoms with Crippen LogP contribution in [0.5, 0.6) is 5.75 Å². The summed E-state index contributed by atoms with van der Waals surface area (Å²) < 4.78 is 0. The van der Waals surface area contributed by atoms with Crippen LogP contribution in [0.4, 0.5) is 0 Å². The molecule has 0 atom stereocenters. The third-order valence-electron chi connectivity index (χ3n) is 2.59. The second-order valence-electron chi connectivity index (χ2n) is 4.00. The van der Waals surface area contributed by atoms with Gasteiger partial charge in [0.05, 0.1) is 6.42 Å². The number of benzene rings is 1. The average molecular weight is 248 g/mol. The summed E-state index contributed by atoms with van der Waals surface area (Å²) in [5.74, 6) is -1.11. The van der Waals surface area contributed by atoms with Gasteiger partial charge in [-0.05, 0) is 17.7 Å². The molecule has 0 unspecified atom stereocenters. The fourth-order valence-corrected chi connectivity index (χ4v) is 1.66. The smallest absolute Gasteiger partial charge is 0.248 e. The molecule has 2 N–H and O–H groups in total. The van der Waals surface area contributed by atoms with Crippen LogP contribution in [0.2, 0.25) is 0 Å². The number of aromatic hydroxyl groups is 1. The van der Waals surface area contributed by atoms with Crippen molar-refractivity contribution in [3.63, 3.8) is 0 Å². The first-order valence-electron chi connectivity index (χ1n) is 5.49. The number of hydrazine groups is 1. The molecule has 6 heteroatoms. The summed E-state index contributed by atoms with van der Waals surface area (Å²) in [5.41, 5.74) is 2.96. The first-order valence-corrected chi connectivity index (χ1v) is 5.49. The maximum Gasteiger partial charge on any atom is 0.248 e. The number of hydrogen-bond donors (Lipinski definition) is 2. The predicted octanol–water partition coefficient (Wildman–Crippen LogP) is 0.115. The Morgan fingerprint density at radius 3 is 2.28 bits per heavy atom. The van der Waals surface area contributed by atoms with Crippen molar-refractivity contribution < 1.29 is 19.5 Å². The summed E-state index contributed by atoms with van der Waals surface area (Å²) in [5, 5.41) is 9.86. The first-order chi connectivity index (χ1) is 8.56. The highest BCUT2D eigenvalue weighted by Crippen LogP contribution is 2.11. The van der Waals surface area contributed by atoms with E-state index in [9.17, 15) is 14.4 Å². The van der Waals surface area contributed by atoms with Gasteiger partial charge in [0.25, 0.3) is 0 Å². The van der Waals surface area contributed by atoms with E-state index in [2.05, 4.69) is 5.43 Å². The zero-order valence-corrected chi connectivity index (χ0v) is 9.55. The van der Waals surface area contributed by atoms with Crippen molar-refractivity contribution in [1.82, 2.24) is 10.4 Å². The van der Waals surface area contributed by atoms with E-state index in [1.54, 1.807) is 12.1 Å². The van der Waals surface area contributed by atoms with Gasteiger partial charge in [0.2, 0.25) is 17.7 Å². The minimum Gasteiger partial charge on any atom is -0.508 e. The van der Waals surface area contributed by atoms with Gasteiger partial charge in [-0.1, -0.05) is 12.1 Å². The van der Waals surface area contributed by atoms with Crippen molar-refractivity contribution in [2.24, 2.45) is 0 Å². The van der Waals surface area contributed by atoms with Gasteiger partial charge in [-0.2, -0.15) is 5.01 Å². The molecule has 0 spiro atoms.